The number of hydrogen-bond donors (Lipinski definition) is 0. The van der Waals surface area contributed by atoms with E-state index in [1.54, 1.807) is 0 Å². The number of hydrogen-bond acceptors (Lipinski definition) is 2. The molecule has 2 heterocycles. The molecular formula is C12H22N2. The molecule has 0 amide bonds. The maximum atomic E-state index is 4.18. The van der Waals surface area contributed by atoms with Crippen molar-refractivity contribution in [3.05, 3.63) is 12.3 Å². The van der Waals surface area contributed by atoms with Crippen LogP contribution >= 0.6 is 0 Å². The highest BCUT2D eigenvalue weighted by molar-refractivity contribution is 5.03. The molecule has 2 saturated heterocycles. The first-order chi connectivity index (χ1) is 6.68. The second-order valence-corrected chi connectivity index (χ2v) is 4.89. The van der Waals surface area contributed by atoms with Crippen molar-refractivity contribution in [3.63, 3.8) is 0 Å². The molecule has 80 valence electrons. The Morgan fingerprint density at radius 2 is 2.14 bits per heavy atom. The van der Waals surface area contributed by atoms with E-state index in [0.29, 0.717) is 6.04 Å². The quantitative estimate of drug-likeness (QED) is 0.630. The van der Waals surface area contributed by atoms with Gasteiger partial charge in [0.2, 0.25) is 0 Å². The van der Waals surface area contributed by atoms with Crippen molar-refractivity contribution in [2.45, 2.75) is 45.2 Å². The summed E-state index contributed by atoms with van der Waals surface area (Å²) in [4.78, 5) is 5.14. The summed E-state index contributed by atoms with van der Waals surface area (Å²) in [7, 11) is 0. The zero-order valence-corrected chi connectivity index (χ0v) is 9.50. The van der Waals surface area contributed by atoms with E-state index < -0.39 is 0 Å². The Balaban J connectivity index is 1.99. The van der Waals surface area contributed by atoms with E-state index in [2.05, 4.69) is 30.2 Å². The van der Waals surface area contributed by atoms with E-state index in [4.69, 9.17) is 0 Å². The van der Waals surface area contributed by atoms with E-state index >= 15 is 0 Å². The summed E-state index contributed by atoms with van der Waals surface area (Å²) in [6, 6.07) is 1.46. The van der Waals surface area contributed by atoms with Gasteiger partial charge in [-0.25, -0.2) is 0 Å². The third kappa shape index (κ3) is 1.81. The molecule has 2 rings (SSSR count). The fourth-order valence-electron chi connectivity index (χ4n) is 2.70. The smallest absolute Gasteiger partial charge is 0.0414 e. The van der Waals surface area contributed by atoms with Crippen LogP contribution in [0.25, 0.3) is 0 Å². The van der Waals surface area contributed by atoms with E-state index in [0.717, 1.165) is 6.04 Å². The van der Waals surface area contributed by atoms with Crippen LogP contribution in [0.15, 0.2) is 12.3 Å². The SMILES string of the molecule is C=C1CCCC2CN(C(C)C)CCN12. The monoisotopic (exact) mass is 194 g/mol. The van der Waals surface area contributed by atoms with Gasteiger partial charge >= 0.3 is 0 Å². The van der Waals surface area contributed by atoms with Crippen LogP contribution in [-0.4, -0.2) is 41.5 Å². The van der Waals surface area contributed by atoms with Gasteiger partial charge in [-0.05, 0) is 33.1 Å². The molecule has 1 unspecified atom stereocenters. The molecule has 1 atom stereocenters. The molecule has 0 radical (unpaired) electrons. The minimum atomic E-state index is 0.701. The number of nitrogens with zero attached hydrogens (tertiary/aromatic N) is 2. The Kier molecular flexibility index (Phi) is 2.82. The standard InChI is InChI=1S/C12H22N2/c1-10(2)13-7-8-14-11(3)5-4-6-12(14)9-13/h10,12H,3-9H2,1-2H3. The van der Waals surface area contributed by atoms with Gasteiger partial charge in [0.1, 0.15) is 0 Å². The van der Waals surface area contributed by atoms with Gasteiger partial charge in [-0.2, -0.15) is 0 Å². The normalized spacial score (nSPS) is 29.5. The average Bonchev–Trinajstić information content (AvgIpc) is 2.17. The van der Waals surface area contributed by atoms with Crippen molar-refractivity contribution in [2.75, 3.05) is 19.6 Å². The van der Waals surface area contributed by atoms with Crippen LogP contribution in [-0.2, 0) is 0 Å². The van der Waals surface area contributed by atoms with E-state index in [9.17, 15) is 0 Å². The van der Waals surface area contributed by atoms with Crippen LogP contribution in [0.4, 0.5) is 0 Å². The summed E-state index contributed by atoms with van der Waals surface area (Å²) in [6.07, 6.45) is 3.92. The number of rotatable bonds is 1. The van der Waals surface area contributed by atoms with Crippen molar-refractivity contribution in [3.8, 4) is 0 Å². The zero-order valence-electron chi connectivity index (χ0n) is 9.50. The molecule has 2 heteroatoms. The Hall–Kier alpha value is -0.500. The van der Waals surface area contributed by atoms with Gasteiger partial charge in [0.05, 0.1) is 0 Å². The van der Waals surface area contributed by atoms with E-state index in [1.165, 1.54) is 44.6 Å². The molecular weight excluding hydrogens is 172 g/mol. The first-order valence-electron chi connectivity index (χ1n) is 5.87. The lowest BCUT2D eigenvalue weighted by Crippen LogP contribution is -2.55. The highest BCUT2D eigenvalue weighted by Crippen LogP contribution is 2.27. The topological polar surface area (TPSA) is 6.48 Å². The van der Waals surface area contributed by atoms with Crippen molar-refractivity contribution in [2.24, 2.45) is 0 Å². The van der Waals surface area contributed by atoms with Gasteiger partial charge < -0.3 is 4.90 Å². The van der Waals surface area contributed by atoms with Gasteiger partial charge in [0, 0.05) is 37.4 Å². The van der Waals surface area contributed by atoms with Crippen LogP contribution in [0.1, 0.15) is 33.1 Å². The molecule has 0 aromatic rings. The van der Waals surface area contributed by atoms with Gasteiger partial charge in [0.25, 0.3) is 0 Å². The summed E-state index contributed by atoms with van der Waals surface area (Å²) in [5.41, 5.74) is 1.38. The number of allylic oxidation sites excluding steroid dienone is 1. The van der Waals surface area contributed by atoms with Crippen LogP contribution < -0.4 is 0 Å². The zero-order chi connectivity index (χ0) is 10.1. The first-order valence-corrected chi connectivity index (χ1v) is 5.87. The third-order valence-electron chi connectivity index (χ3n) is 3.65. The van der Waals surface area contributed by atoms with Gasteiger partial charge in [-0.15, -0.1) is 0 Å². The highest BCUT2D eigenvalue weighted by Gasteiger charge is 2.30. The van der Waals surface area contributed by atoms with Gasteiger partial charge in [-0.3, -0.25) is 4.90 Å². The lowest BCUT2D eigenvalue weighted by atomic mass is 9.97. The fraction of sp³-hybridized carbons (Fsp3) is 0.833. The minimum Gasteiger partial charge on any atom is -0.370 e. The lowest BCUT2D eigenvalue weighted by molar-refractivity contribution is 0.0603. The van der Waals surface area contributed by atoms with E-state index in [-0.39, 0.29) is 0 Å². The lowest BCUT2D eigenvalue weighted by Gasteiger charge is -2.47. The minimum absolute atomic E-state index is 0.701. The Labute approximate surface area is 87.6 Å². The Morgan fingerprint density at radius 1 is 1.36 bits per heavy atom. The molecule has 0 aromatic carbocycles. The fourth-order valence-corrected chi connectivity index (χ4v) is 2.70. The van der Waals surface area contributed by atoms with Crippen LogP contribution in [0.3, 0.4) is 0 Å². The largest absolute Gasteiger partial charge is 0.370 e. The maximum Gasteiger partial charge on any atom is 0.0414 e. The first kappa shape index (κ1) is 10.0. The van der Waals surface area contributed by atoms with Crippen LogP contribution in [0, 0.1) is 0 Å². The van der Waals surface area contributed by atoms with Gasteiger partial charge in [0.15, 0.2) is 0 Å². The number of fused-ring (bicyclic) bond motifs is 1. The molecule has 14 heavy (non-hydrogen) atoms. The van der Waals surface area contributed by atoms with Crippen molar-refractivity contribution in [1.82, 2.24) is 9.80 Å². The molecule has 0 saturated carbocycles. The molecule has 0 aromatic heterocycles. The number of piperazine rings is 1. The summed E-state index contributed by atoms with van der Waals surface area (Å²) in [6.45, 7) is 12.4. The predicted molar refractivity (Wildman–Crippen MR) is 60.2 cm³/mol. The molecule has 2 fully saturated rings. The molecule has 2 aliphatic heterocycles. The Morgan fingerprint density at radius 3 is 2.86 bits per heavy atom. The predicted octanol–water partition coefficient (Wildman–Crippen LogP) is 2.08. The number of piperidine rings is 1. The molecule has 2 nitrogen and oxygen atoms in total. The van der Waals surface area contributed by atoms with E-state index in [1.807, 2.05) is 0 Å². The second kappa shape index (κ2) is 3.93. The average molecular weight is 194 g/mol. The molecule has 0 bridgehead atoms. The van der Waals surface area contributed by atoms with Crippen molar-refractivity contribution < 1.29 is 0 Å². The Bertz CT molecular complexity index is 222. The van der Waals surface area contributed by atoms with Crippen molar-refractivity contribution >= 4 is 0 Å². The molecule has 0 aliphatic carbocycles. The van der Waals surface area contributed by atoms with Crippen molar-refractivity contribution in [1.29, 1.82) is 0 Å². The molecule has 2 aliphatic rings. The summed E-state index contributed by atoms with van der Waals surface area (Å²) >= 11 is 0. The van der Waals surface area contributed by atoms with Crippen LogP contribution in [0.5, 0.6) is 0 Å². The maximum absolute atomic E-state index is 4.18. The summed E-state index contributed by atoms with van der Waals surface area (Å²) in [5.74, 6) is 0. The third-order valence-corrected chi connectivity index (χ3v) is 3.65. The summed E-state index contributed by atoms with van der Waals surface area (Å²) in [5, 5.41) is 0. The molecule has 0 spiro atoms. The van der Waals surface area contributed by atoms with Crippen LogP contribution in [0.2, 0.25) is 0 Å². The molecule has 0 N–H and O–H groups in total. The highest BCUT2D eigenvalue weighted by atomic mass is 15.3. The van der Waals surface area contributed by atoms with Gasteiger partial charge in [-0.1, -0.05) is 6.58 Å². The summed E-state index contributed by atoms with van der Waals surface area (Å²) < 4.78 is 0. The second-order valence-electron chi connectivity index (χ2n) is 4.89.